The van der Waals surface area contributed by atoms with Crippen molar-refractivity contribution in [3.05, 3.63) is 71.5 Å². The van der Waals surface area contributed by atoms with Crippen LogP contribution in [0.3, 0.4) is 0 Å². The van der Waals surface area contributed by atoms with Crippen LogP contribution >= 0.6 is 0 Å². The van der Waals surface area contributed by atoms with E-state index in [0.29, 0.717) is 25.1 Å². The van der Waals surface area contributed by atoms with E-state index in [-0.39, 0.29) is 36.4 Å². The molecule has 2 aromatic carbocycles. The number of hydrogen-bond donors (Lipinski definition) is 1. The van der Waals surface area contributed by atoms with Gasteiger partial charge in [0.1, 0.15) is 5.82 Å². The molecule has 5 nitrogen and oxygen atoms in total. The van der Waals surface area contributed by atoms with E-state index in [1.54, 1.807) is 16.7 Å². The SMILES string of the molecule is CCC(=O)N1[C@H](CO)[C@H](c2ccccc2)[C@@H]1CN(CC)C(=O)c1ccc(F)cc1. The molecule has 0 spiro atoms. The average Bonchev–Trinajstić information content (AvgIpc) is 2.74. The summed E-state index contributed by atoms with van der Waals surface area (Å²) in [7, 11) is 0. The van der Waals surface area contributed by atoms with Gasteiger partial charge >= 0.3 is 0 Å². The van der Waals surface area contributed by atoms with Crippen molar-refractivity contribution in [2.45, 2.75) is 38.3 Å². The van der Waals surface area contributed by atoms with E-state index in [4.69, 9.17) is 0 Å². The van der Waals surface area contributed by atoms with E-state index in [9.17, 15) is 19.1 Å². The van der Waals surface area contributed by atoms with Gasteiger partial charge in [0.15, 0.2) is 0 Å². The average molecular weight is 398 g/mol. The zero-order valence-electron chi connectivity index (χ0n) is 16.8. The lowest BCUT2D eigenvalue weighted by Crippen LogP contribution is -2.68. The van der Waals surface area contributed by atoms with Crippen LogP contribution in [-0.4, -0.2) is 58.5 Å². The Hall–Kier alpha value is -2.73. The largest absolute Gasteiger partial charge is 0.394 e. The number of aliphatic hydroxyl groups excluding tert-OH is 1. The van der Waals surface area contributed by atoms with Crippen LogP contribution in [0.2, 0.25) is 0 Å². The number of halogens is 1. The maximum Gasteiger partial charge on any atom is 0.253 e. The predicted octanol–water partition coefficient (Wildman–Crippen LogP) is 3.05. The van der Waals surface area contributed by atoms with E-state index < -0.39 is 5.82 Å². The highest BCUT2D eigenvalue weighted by atomic mass is 19.1. The second-order valence-electron chi connectivity index (χ2n) is 7.26. The van der Waals surface area contributed by atoms with E-state index in [1.807, 2.05) is 37.3 Å². The van der Waals surface area contributed by atoms with Crippen molar-refractivity contribution in [3.8, 4) is 0 Å². The molecule has 0 unspecified atom stereocenters. The van der Waals surface area contributed by atoms with Gasteiger partial charge in [-0.25, -0.2) is 4.39 Å². The lowest BCUT2D eigenvalue weighted by molar-refractivity contribution is -0.151. The monoisotopic (exact) mass is 398 g/mol. The van der Waals surface area contributed by atoms with Crippen molar-refractivity contribution in [1.29, 1.82) is 0 Å². The summed E-state index contributed by atoms with van der Waals surface area (Å²) in [5.41, 5.74) is 1.46. The van der Waals surface area contributed by atoms with Crippen molar-refractivity contribution in [1.82, 2.24) is 9.80 Å². The molecule has 0 bridgehead atoms. The van der Waals surface area contributed by atoms with Crippen molar-refractivity contribution >= 4 is 11.8 Å². The number of rotatable bonds is 7. The van der Waals surface area contributed by atoms with E-state index in [0.717, 1.165) is 5.56 Å². The number of hydrogen-bond acceptors (Lipinski definition) is 3. The van der Waals surface area contributed by atoms with Gasteiger partial charge in [-0.1, -0.05) is 37.3 Å². The topological polar surface area (TPSA) is 60.9 Å². The molecular formula is C23H27FN2O3. The summed E-state index contributed by atoms with van der Waals surface area (Å²) in [6, 6.07) is 14.8. The lowest BCUT2D eigenvalue weighted by atomic mass is 9.74. The molecule has 6 heteroatoms. The smallest absolute Gasteiger partial charge is 0.253 e. The molecule has 1 heterocycles. The van der Waals surface area contributed by atoms with Crippen LogP contribution in [0, 0.1) is 5.82 Å². The summed E-state index contributed by atoms with van der Waals surface area (Å²) in [6.45, 7) is 4.37. The zero-order valence-corrected chi connectivity index (χ0v) is 16.8. The van der Waals surface area contributed by atoms with Crippen LogP contribution in [0.4, 0.5) is 4.39 Å². The molecule has 2 amide bonds. The third-order valence-electron chi connectivity index (χ3n) is 5.67. The number of carbonyl (C=O) groups is 2. The van der Waals surface area contributed by atoms with Gasteiger partial charge in [0.2, 0.25) is 5.91 Å². The third kappa shape index (κ3) is 4.17. The van der Waals surface area contributed by atoms with Crippen LogP contribution in [-0.2, 0) is 4.79 Å². The molecule has 1 aliphatic heterocycles. The van der Waals surface area contributed by atoms with Gasteiger partial charge in [-0.15, -0.1) is 0 Å². The van der Waals surface area contributed by atoms with Gasteiger partial charge in [-0.05, 0) is 36.8 Å². The van der Waals surface area contributed by atoms with Gasteiger partial charge in [0.25, 0.3) is 5.91 Å². The quantitative estimate of drug-likeness (QED) is 0.780. The summed E-state index contributed by atoms with van der Waals surface area (Å²) >= 11 is 0. The fraction of sp³-hybridized carbons (Fsp3) is 0.391. The van der Waals surface area contributed by atoms with Gasteiger partial charge in [-0.3, -0.25) is 9.59 Å². The first kappa shape index (κ1) is 21.0. The first-order valence-electron chi connectivity index (χ1n) is 10.0. The molecule has 2 aromatic rings. The number of carbonyl (C=O) groups excluding carboxylic acids is 2. The molecule has 1 aliphatic rings. The van der Waals surface area contributed by atoms with E-state index in [1.165, 1.54) is 24.3 Å². The minimum absolute atomic E-state index is 0.0356. The van der Waals surface area contributed by atoms with Crippen LogP contribution in [0.25, 0.3) is 0 Å². The van der Waals surface area contributed by atoms with Crippen LogP contribution in [0.5, 0.6) is 0 Å². The second kappa shape index (κ2) is 9.18. The fourth-order valence-corrected chi connectivity index (χ4v) is 4.18. The highest BCUT2D eigenvalue weighted by molar-refractivity contribution is 5.94. The highest BCUT2D eigenvalue weighted by Crippen LogP contribution is 2.41. The Labute approximate surface area is 170 Å². The number of amides is 2. The summed E-state index contributed by atoms with van der Waals surface area (Å²) in [4.78, 5) is 28.9. The minimum atomic E-state index is -0.391. The standard InChI is InChI=1S/C23H27FN2O3/c1-3-21(28)26-19(22(20(26)15-27)16-8-6-5-7-9-16)14-25(4-2)23(29)17-10-12-18(24)13-11-17/h5-13,19-20,22,27H,3-4,14-15H2,1-2H3/t19-,20+,22+/m0/s1. The molecule has 154 valence electrons. The summed E-state index contributed by atoms with van der Waals surface area (Å²) in [6.07, 6.45) is 0.340. The fourth-order valence-electron chi connectivity index (χ4n) is 4.18. The molecular weight excluding hydrogens is 371 g/mol. The molecule has 29 heavy (non-hydrogen) atoms. The van der Waals surface area contributed by atoms with E-state index in [2.05, 4.69) is 0 Å². The molecule has 0 aromatic heterocycles. The Kier molecular flexibility index (Phi) is 6.64. The third-order valence-corrected chi connectivity index (χ3v) is 5.67. The Morgan fingerprint density at radius 1 is 1.03 bits per heavy atom. The Bertz CT molecular complexity index is 841. The van der Waals surface area contributed by atoms with E-state index >= 15 is 0 Å². The second-order valence-corrected chi connectivity index (χ2v) is 7.26. The molecule has 1 saturated heterocycles. The van der Waals surface area contributed by atoms with Crippen LogP contribution in [0.1, 0.15) is 42.1 Å². The van der Waals surface area contributed by atoms with Gasteiger partial charge in [0, 0.05) is 31.0 Å². The molecule has 0 radical (unpaired) electrons. The maximum atomic E-state index is 13.2. The maximum absolute atomic E-state index is 13.2. The van der Waals surface area contributed by atoms with Crippen molar-refractivity contribution < 1.29 is 19.1 Å². The summed E-state index contributed by atoms with van der Waals surface area (Å²) in [5.74, 6) is -0.674. The Balaban J connectivity index is 1.87. The van der Waals surface area contributed by atoms with Gasteiger partial charge < -0.3 is 14.9 Å². The summed E-state index contributed by atoms with van der Waals surface area (Å²) in [5, 5.41) is 9.94. The number of likely N-dealkylation sites (N-methyl/N-ethyl adjacent to an activating group) is 1. The molecule has 0 aliphatic carbocycles. The van der Waals surface area contributed by atoms with Gasteiger partial charge in [0.05, 0.1) is 18.7 Å². The molecule has 1 fully saturated rings. The number of aliphatic hydroxyl groups is 1. The molecule has 0 saturated carbocycles. The highest BCUT2D eigenvalue weighted by Gasteiger charge is 2.51. The predicted molar refractivity (Wildman–Crippen MR) is 109 cm³/mol. The number of benzene rings is 2. The number of nitrogens with zero attached hydrogens (tertiary/aromatic N) is 2. The molecule has 3 rings (SSSR count). The zero-order chi connectivity index (χ0) is 21.0. The summed E-state index contributed by atoms with van der Waals surface area (Å²) < 4.78 is 13.2. The lowest BCUT2D eigenvalue weighted by Gasteiger charge is -2.56. The minimum Gasteiger partial charge on any atom is -0.394 e. The number of likely N-dealkylation sites (tertiary alicyclic amines) is 1. The normalized spacial score (nSPS) is 20.8. The van der Waals surface area contributed by atoms with Crippen molar-refractivity contribution in [3.63, 3.8) is 0 Å². The Morgan fingerprint density at radius 2 is 1.69 bits per heavy atom. The first-order chi connectivity index (χ1) is 14.0. The van der Waals surface area contributed by atoms with Crippen molar-refractivity contribution in [2.75, 3.05) is 19.7 Å². The Morgan fingerprint density at radius 3 is 2.24 bits per heavy atom. The van der Waals surface area contributed by atoms with Crippen LogP contribution < -0.4 is 0 Å². The van der Waals surface area contributed by atoms with Crippen LogP contribution in [0.15, 0.2) is 54.6 Å². The van der Waals surface area contributed by atoms with Crippen molar-refractivity contribution in [2.24, 2.45) is 0 Å². The first-order valence-corrected chi connectivity index (χ1v) is 10.0. The molecule has 3 atom stereocenters. The van der Waals surface area contributed by atoms with Gasteiger partial charge in [-0.2, -0.15) is 0 Å². The molecule has 1 N–H and O–H groups in total.